The summed E-state index contributed by atoms with van der Waals surface area (Å²) in [5, 5.41) is 0.560. The average molecular weight is 324 g/mol. The Bertz CT molecular complexity index is 602. The van der Waals surface area contributed by atoms with E-state index in [0.29, 0.717) is 22.3 Å². The molecule has 0 aromatic heterocycles. The Hall–Kier alpha value is -1.26. The fourth-order valence-corrected chi connectivity index (χ4v) is 4.40. The molecule has 0 radical (unpaired) electrons. The lowest BCUT2D eigenvalue weighted by Crippen LogP contribution is -2.66. The molecule has 1 saturated heterocycles. The van der Waals surface area contributed by atoms with E-state index in [1.165, 1.54) is 0 Å². The summed E-state index contributed by atoms with van der Waals surface area (Å²) in [6.45, 7) is 5.14. The van der Waals surface area contributed by atoms with E-state index in [9.17, 15) is 4.79 Å². The van der Waals surface area contributed by atoms with Crippen LogP contribution in [-0.4, -0.2) is 43.7 Å². The zero-order valence-electron chi connectivity index (χ0n) is 13.4. The van der Waals surface area contributed by atoms with Crippen molar-refractivity contribution < 1.29 is 14.3 Å². The van der Waals surface area contributed by atoms with E-state index < -0.39 is 0 Å². The van der Waals surface area contributed by atoms with Crippen molar-refractivity contribution >= 4 is 17.5 Å². The number of carbonyl (C=O) groups excluding carboxylic acids is 1. The van der Waals surface area contributed by atoms with Crippen LogP contribution in [0.3, 0.4) is 0 Å². The number of fused-ring (bicyclic) bond motifs is 1. The van der Waals surface area contributed by atoms with Crippen molar-refractivity contribution in [3.8, 4) is 5.75 Å². The van der Waals surface area contributed by atoms with E-state index in [0.717, 1.165) is 13.0 Å². The molecule has 1 aromatic rings. The number of benzene rings is 1. The summed E-state index contributed by atoms with van der Waals surface area (Å²) in [5.41, 5.74) is 0.526. The Kier molecular flexibility index (Phi) is 3.86. The van der Waals surface area contributed by atoms with Crippen LogP contribution in [0.2, 0.25) is 5.02 Å². The zero-order valence-corrected chi connectivity index (χ0v) is 14.2. The molecule has 4 nitrogen and oxygen atoms in total. The van der Waals surface area contributed by atoms with Gasteiger partial charge in [-0.3, -0.25) is 4.79 Å². The van der Waals surface area contributed by atoms with Gasteiger partial charge in [0.15, 0.2) is 0 Å². The Morgan fingerprint density at radius 1 is 1.45 bits per heavy atom. The molecule has 0 spiro atoms. The van der Waals surface area contributed by atoms with Crippen LogP contribution < -0.4 is 4.74 Å². The predicted octanol–water partition coefficient (Wildman–Crippen LogP) is 3.23. The molecule has 5 heteroatoms. The molecule has 22 heavy (non-hydrogen) atoms. The summed E-state index contributed by atoms with van der Waals surface area (Å²) in [4.78, 5) is 14.8. The lowest BCUT2D eigenvalue weighted by atomic mass is 9.56. The normalized spacial score (nSPS) is 28.7. The fraction of sp³-hybridized carbons (Fsp3) is 0.588. The summed E-state index contributed by atoms with van der Waals surface area (Å²) in [7, 11) is 3.42. The van der Waals surface area contributed by atoms with Gasteiger partial charge in [-0.1, -0.05) is 25.4 Å². The molecular formula is C17H22ClNO3. The van der Waals surface area contributed by atoms with Gasteiger partial charge >= 0.3 is 0 Å². The fourth-order valence-electron chi connectivity index (χ4n) is 4.24. The second-order valence-electron chi connectivity index (χ2n) is 6.77. The maximum atomic E-state index is 12.9. The van der Waals surface area contributed by atoms with Gasteiger partial charge in [0.1, 0.15) is 5.75 Å². The standard InChI is InChI=1S/C17H22ClNO3/c1-17(2)14(12-7-8-22-15(12)17)19(3)16(20)11-6-5-10(18)9-13(11)21-4/h5-6,9,12,14-15H,7-8H2,1-4H3/t12-,14-,15-/m1/s1. The van der Waals surface area contributed by atoms with Crippen LogP contribution in [-0.2, 0) is 4.74 Å². The number of nitrogens with zero attached hydrogens (tertiary/aromatic N) is 1. The quantitative estimate of drug-likeness (QED) is 0.857. The van der Waals surface area contributed by atoms with Crippen molar-refractivity contribution in [2.45, 2.75) is 32.4 Å². The maximum Gasteiger partial charge on any atom is 0.257 e. The molecule has 0 N–H and O–H groups in total. The van der Waals surface area contributed by atoms with E-state index in [-0.39, 0.29) is 23.5 Å². The first-order valence-corrected chi connectivity index (χ1v) is 7.98. The Labute approximate surface area is 136 Å². The number of hydrogen-bond acceptors (Lipinski definition) is 3. The average Bonchev–Trinajstić information content (AvgIpc) is 2.92. The van der Waals surface area contributed by atoms with Crippen molar-refractivity contribution in [3.63, 3.8) is 0 Å². The minimum atomic E-state index is -0.0306. The summed E-state index contributed by atoms with van der Waals surface area (Å²) in [6, 6.07) is 5.32. The molecular weight excluding hydrogens is 302 g/mol. The monoisotopic (exact) mass is 323 g/mol. The van der Waals surface area contributed by atoms with E-state index in [4.69, 9.17) is 21.1 Å². The SMILES string of the molecule is COc1cc(Cl)ccc1C(=O)N(C)[C@@H]1[C@H]2CCO[C@H]2C1(C)C. The van der Waals surface area contributed by atoms with Crippen molar-refractivity contribution in [2.24, 2.45) is 11.3 Å². The highest BCUT2D eigenvalue weighted by Gasteiger charge is 2.61. The largest absolute Gasteiger partial charge is 0.496 e. The van der Waals surface area contributed by atoms with Gasteiger partial charge in [0.05, 0.1) is 18.8 Å². The number of amides is 1. The summed E-state index contributed by atoms with van der Waals surface area (Å²) in [5.74, 6) is 0.917. The molecule has 3 rings (SSSR count). The smallest absolute Gasteiger partial charge is 0.257 e. The van der Waals surface area contributed by atoms with Gasteiger partial charge in [0, 0.05) is 36.1 Å². The first kappa shape index (κ1) is 15.6. The van der Waals surface area contributed by atoms with Gasteiger partial charge in [-0.25, -0.2) is 0 Å². The van der Waals surface area contributed by atoms with Gasteiger partial charge in [-0.15, -0.1) is 0 Å². The van der Waals surface area contributed by atoms with Gasteiger partial charge in [0.2, 0.25) is 0 Å². The van der Waals surface area contributed by atoms with Crippen LogP contribution in [0.4, 0.5) is 0 Å². The van der Waals surface area contributed by atoms with Crippen LogP contribution in [0.15, 0.2) is 18.2 Å². The van der Waals surface area contributed by atoms with Crippen molar-refractivity contribution in [3.05, 3.63) is 28.8 Å². The summed E-state index contributed by atoms with van der Waals surface area (Å²) in [6.07, 6.45) is 1.29. The maximum absolute atomic E-state index is 12.9. The highest BCUT2D eigenvalue weighted by Crippen LogP contribution is 2.54. The predicted molar refractivity (Wildman–Crippen MR) is 85.5 cm³/mol. The molecule has 1 aliphatic heterocycles. The molecule has 2 fully saturated rings. The molecule has 120 valence electrons. The Balaban J connectivity index is 1.86. The van der Waals surface area contributed by atoms with Gasteiger partial charge in [-0.2, -0.15) is 0 Å². The molecule has 1 amide bonds. The molecule has 2 aliphatic rings. The van der Waals surface area contributed by atoms with Crippen LogP contribution in [0.1, 0.15) is 30.6 Å². The summed E-state index contributed by atoms with van der Waals surface area (Å²) < 4.78 is 11.1. The molecule has 3 atom stereocenters. The Morgan fingerprint density at radius 3 is 2.86 bits per heavy atom. The number of ether oxygens (including phenoxy) is 2. The van der Waals surface area contributed by atoms with E-state index in [1.54, 1.807) is 25.3 Å². The number of methoxy groups -OCH3 is 1. The molecule has 1 heterocycles. The van der Waals surface area contributed by atoms with Crippen LogP contribution in [0.5, 0.6) is 5.75 Å². The summed E-state index contributed by atoms with van der Waals surface area (Å²) >= 11 is 5.98. The topological polar surface area (TPSA) is 38.8 Å². The molecule has 1 aromatic carbocycles. The number of hydrogen-bond donors (Lipinski definition) is 0. The van der Waals surface area contributed by atoms with Crippen LogP contribution >= 0.6 is 11.6 Å². The van der Waals surface area contributed by atoms with E-state index in [2.05, 4.69) is 13.8 Å². The molecule has 0 unspecified atom stereocenters. The van der Waals surface area contributed by atoms with E-state index >= 15 is 0 Å². The highest BCUT2D eigenvalue weighted by molar-refractivity contribution is 6.30. The zero-order chi connectivity index (χ0) is 16.1. The third-order valence-electron chi connectivity index (χ3n) is 5.17. The lowest BCUT2D eigenvalue weighted by Gasteiger charge is -2.57. The first-order valence-electron chi connectivity index (χ1n) is 7.60. The molecule has 1 aliphatic carbocycles. The second kappa shape index (κ2) is 5.43. The number of halogens is 1. The number of rotatable bonds is 3. The third-order valence-corrected chi connectivity index (χ3v) is 5.41. The van der Waals surface area contributed by atoms with E-state index in [1.807, 2.05) is 11.9 Å². The van der Waals surface area contributed by atoms with Crippen LogP contribution in [0, 0.1) is 11.3 Å². The number of carbonyl (C=O) groups is 1. The third kappa shape index (κ3) is 2.20. The first-order chi connectivity index (χ1) is 10.4. The minimum Gasteiger partial charge on any atom is -0.496 e. The molecule has 1 saturated carbocycles. The van der Waals surface area contributed by atoms with Crippen molar-refractivity contribution in [2.75, 3.05) is 20.8 Å². The Morgan fingerprint density at radius 2 is 2.18 bits per heavy atom. The lowest BCUT2D eigenvalue weighted by molar-refractivity contribution is -0.139. The van der Waals surface area contributed by atoms with Gasteiger partial charge in [0.25, 0.3) is 5.91 Å². The van der Waals surface area contributed by atoms with Gasteiger partial charge in [-0.05, 0) is 24.6 Å². The highest BCUT2D eigenvalue weighted by atomic mass is 35.5. The van der Waals surface area contributed by atoms with Crippen molar-refractivity contribution in [1.29, 1.82) is 0 Å². The van der Waals surface area contributed by atoms with Crippen molar-refractivity contribution in [1.82, 2.24) is 4.90 Å². The minimum absolute atomic E-state index is 0.0226. The van der Waals surface area contributed by atoms with Crippen LogP contribution in [0.25, 0.3) is 0 Å². The molecule has 0 bridgehead atoms. The van der Waals surface area contributed by atoms with Gasteiger partial charge < -0.3 is 14.4 Å². The second-order valence-corrected chi connectivity index (χ2v) is 7.21.